The molecule has 2 amide bonds. The van der Waals surface area contributed by atoms with Crippen LogP contribution in [0, 0.1) is 20.8 Å². The highest BCUT2D eigenvalue weighted by Crippen LogP contribution is 2.23. The molecule has 0 bridgehead atoms. The Balaban J connectivity index is 1.51. The first-order valence-electron chi connectivity index (χ1n) is 10.1. The molecule has 4 rings (SSSR count). The van der Waals surface area contributed by atoms with Gasteiger partial charge in [0.2, 0.25) is 11.8 Å². The topological polar surface area (TPSA) is 84.3 Å². The molecule has 160 valence electrons. The average Bonchev–Trinajstić information content (AvgIpc) is 3.23. The molecule has 1 aromatic heterocycles. The van der Waals surface area contributed by atoms with E-state index in [0.29, 0.717) is 28.2 Å². The number of fused-ring (bicyclic) bond motifs is 1. The number of thioether (sulfide) groups is 1. The number of aryl methyl sites for hydroxylation is 3. The highest BCUT2D eigenvalue weighted by molar-refractivity contribution is 7.99. The van der Waals surface area contributed by atoms with Gasteiger partial charge in [-0.3, -0.25) is 19.0 Å². The smallest absolute Gasteiger partial charge is 0.261 e. The molecule has 7 nitrogen and oxygen atoms in total. The van der Waals surface area contributed by atoms with Crippen LogP contribution < -0.4 is 10.9 Å². The number of anilines is 1. The van der Waals surface area contributed by atoms with Gasteiger partial charge in [0.15, 0.2) is 0 Å². The van der Waals surface area contributed by atoms with E-state index < -0.39 is 6.04 Å². The summed E-state index contributed by atoms with van der Waals surface area (Å²) in [6.45, 7) is 5.75. The summed E-state index contributed by atoms with van der Waals surface area (Å²) in [5.74, 6) is 0.438. The highest BCUT2D eigenvalue weighted by Gasteiger charge is 2.34. The zero-order valence-electron chi connectivity index (χ0n) is 17.7. The van der Waals surface area contributed by atoms with Crippen LogP contribution in [0.2, 0.25) is 0 Å². The van der Waals surface area contributed by atoms with E-state index in [0.717, 1.165) is 16.7 Å². The Morgan fingerprint density at radius 2 is 1.94 bits per heavy atom. The van der Waals surface area contributed by atoms with Gasteiger partial charge in [-0.05, 0) is 55.7 Å². The SMILES string of the molecule is Cc1ccc(NC(=O)C2CSCN2C(=O)Cn2cnc3c(C)cccc3c2=O)cc1C. The predicted molar refractivity (Wildman–Crippen MR) is 123 cm³/mol. The minimum absolute atomic E-state index is 0.149. The lowest BCUT2D eigenvalue weighted by atomic mass is 10.1. The van der Waals surface area contributed by atoms with E-state index in [4.69, 9.17) is 0 Å². The van der Waals surface area contributed by atoms with Crippen molar-refractivity contribution in [3.63, 3.8) is 0 Å². The first kappa shape index (κ1) is 21.1. The molecule has 1 saturated heterocycles. The van der Waals surface area contributed by atoms with Crippen LogP contribution in [0.5, 0.6) is 0 Å². The van der Waals surface area contributed by atoms with Crippen molar-refractivity contribution in [1.82, 2.24) is 14.5 Å². The van der Waals surface area contributed by atoms with Gasteiger partial charge in [0, 0.05) is 11.4 Å². The van der Waals surface area contributed by atoms with E-state index in [1.165, 1.54) is 27.6 Å². The van der Waals surface area contributed by atoms with Crippen LogP contribution in [-0.4, -0.2) is 43.9 Å². The standard InChI is InChI=1S/C23H24N4O3S/c1-14-7-8-17(9-16(14)3)25-22(29)19-11-31-13-27(19)20(28)10-26-12-24-21-15(2)5-4-6-18(21)23(26)30/h4-9,12,19H,10-11,13H2,1-3H3,(H,25,29). The molecular weight excluding hydrogens is 412 g/mol. The van der Waals surface area contributed by atoms with Gasteiger partial charge in [-0.15, -0.1) is 11.8 Å². The summed E-state index contributed by atoms with van der Waals surface area (Å²) in [6, 6.07) is 10.6. The van der Waals surface area contributed by atoms with E-state index in [1.807, 2.05) is 45.0 Å². The molecule has 3 aromatic rings. The zero-order valence-corrected chi connectivity index (χ0v) is 18.5. The Morgan fingerprint density at radius 1 is 1.13 bits per heavy atom. The van der Waals surface area contributed by atoms with Gasteiger partial charge in [-0.2, -0.15) is 0 Å². The van der Waals surface area contributed by atoms with Crippen LogP contribution in [0.25, 0.3) is 10.9 Å². The summed E-state index contributed by atoms with van der Waals surface area (Å²) in [5.41, 5.74) is 4.24. The van der Waals surface area contributed by atoms with Gasteiger partial charge in [0.25, 0.3) is 5.56 Å². The molecule has 1 fully saturated rings. The fraction of sp³-hybridized carbons (Fsp3) is 0.304. The maximum atomic E-state index is 13.0. The Kier molecular flexibility index (Phi) is 5.82. The number of nitrogens with zero attached hydrogens (tertiary/aromatic N) is 3. The van der Waals surface area contributed by atoms with Crippen LogP contribution >= 0.6 is 11.8 Å². The third kappa shape index (κ3) is 4.20. The van der Waals surface area contributed by atoms with Gasteiger partial charge in [0.1, 0.15) is 12.6 Å². The lowest BCUT2D eigenvalue weighted by Crippen LogP contribution is -2.46. The second kappa shape index (κ2) is 8.55. The zero-order chi connectivity index (χ0) is 22.1. The molecule has 0 radical (unpaired) electrons. The second-order valence-corrected chi connectivity index (χ2v) is 8.82. The summed E-state index contributed by atoms with van der Waals surface area (Å²) < 4.78 is 1.31. The van der Waals surface area contributed by atoms with Gasteiger partial charge >= 0.3 is 0 Å². The Labute approximate surface area is 184 Å². The highest BCUT2D eigenvalue weighted by atomic mass is 32.2. The summed E-state index contributed by atoms with van der Waals surface area (Å²) in [4.78, 5) is 44.5. The van der Waals surface area contributed by atoms with Crippen LogP contribution in [0.1, 0.15) is 16.7 Å². The van der Waals surface area contributed by atoms with Gasteiger partial charge in [-0.25, -0.2) is 4.98 Å². The van der Waals surface area contributed by atoms with E-state index in [9.17, 15) is 14.4 Å². The third-order valence-electron chi connectivity index (χ3n) is 5.64. The molecule has 0 saturated carbocycles. The molecule has 1 unspecified atom stereocenters. The van der Waals surface area contributed by atoms with Gasteiger partial charge in [0.05, 0.1) is 23.1 Å². The first-order chi connectivity index (χ1) is 14.8. The monoisotopic (exact) mass is 436 g/mol. The maximum absolute atomic E-state index is 13.0. The number of benzene rings is 2. The molecule has 2 heterocycles. The van der Waals surface area contributed by atoms with E-state index in [2.05, 4.69) is 10.3 Å². The lowest BCUT2D eigenvalue weighted by molar-refractivity contribution is -0.136. The number of hydrogen-bond donors (Lipinski definition) is 1. The summed E-state index contributed by atoms with van der Waals surface area (Å²) >= 11 is 1.52. The van der Waals surface area contributed by atoms with Gasteiger partial charge < -0.3 is 10.2 Å². The van der Waals surface area contributed by atoms with Crippen molar-refractivity contribution in [3.05, 3.63) is 69.8 Å². The normalized spacial score (nSPS) is 16.0. The third-order valence-corrected chi connectivity index (χ3v) is 6.65. The van der Waals surface area contributed by atoms with Crippen molar-refractivity contribution in [3.8, 4) is 0 Å². The summed E-state index contributed by atoms with van der Waals surface area (Å²) in [7, 11) is 0. The molecular formula is C23H24N4O3S. The van der Waals surface area contributed by atoms with Crippen LogP contribution in [-0.2, 0) is 16.1 Å². The lowest BCUT2D eigenvalue weighted by Gasteiger charge is -2.23. The summed E-state index contributed by atoms with van der Waals surface area (Å²) in [6.07, 6.45) is 1.41. The Morgan fingerprint density at radius 3 is 2.71 bits per heavy atom. The Bertz CT molecular complexity index is 1240. The molecule has 0 aliphatic carbocycles. The molecule has 1 atom stereocenters. The average molecular weight is 437 g/mol. The molecule has 8 heteroatoms. The maximum Gasteiger partial charge on any atom is 0.261 e. The Hall–Kier alpha value is -3.13. The van der Waals surface area contributed by atoms with Crippen molar-refractivity contribution in [1.29, 1.82) is 0 Å². The largest absolute Gasteiger partial charge is 0.324 e. The van der Waals surface area contributed by atoms with Crippen LogP contribution in [0.3, 0.4) is 0 Å². The quantitative estimate of drug-likeness (QED) is 0.680. The fourth-order valence-corrected chi connectivity index (χ4v) is 4.82. The minimum Gasteiger partial charge on any atom is -0.324 e. The second-order valence-electron chi connectivity index (χ2n) is 7.82. The number of amides is 2. The number of carbonyl (C=O) groups excluding carboxylic acids is 2. The number of para-hydroxylation sites is 1. The number of aromatic nitrogens is 2. The number of rotatable bonds is 4. The van der Waals surface area contributed by atoms with Crippen molar-refractivity contribution in [2.45, 2.75) is 33.4 Å². The molecule has 1 N–H and O–H groups in total. The van der Waals surface area contributed by atoms with Crippen molar-refractivity contribution in [2.75, 3.05) is 16.9 Å². The summed E-state index contributed by atoms with van der Waals surface area (Å²) in [5, 5.41) is 3.40. The van der Waals surface area contributed by atoms with Crippen molar-refractivity contribution in [2.24, 2.45) is 0 Å². The van der Waals surface area contributed by atoms with Crippen LogP contribution in [0.4, 0.5) is 5.69 Å². The molecule has 2 aromatic carbocycles. The number of carbonyl (C=O) groups is 2. The van der Waals surface area contributed by atoms with Crippen molar-refractivity contribution >= 4 is 40.2 Å². The molecule has 1 aliphatic heterocycles. The van der Waals surface area contributed by atoms with E-state index in [-0.39, 0.29) is 23.9 Å². The molecule has 31 heavy (non-hydrogen) atoms. The first-order valence-corrected chi connectivity index (χ1v) is 11.2. The van der Waals surface area contributed by atoms with Gasteiger partial charge in [-0.1, -0.05) is 18.2 Å². The number of hydrogen-bond acceptors (Lipinski definition) is 5. The number of nitrogens with one attached hydrogen (secondary N) is 1. The predicted octanol–water partition coefficient (Wildman–Crippen LogP) is 2.86. The van der Waals surface area contributed by atoms with E-state index in [1.54, 1.807) is 12.1 Å². The fourth-order valence-electron chi connectivity index (χ4n) is 3.64. The molecule has 1 aliphatic rings. The van der Waals surface area contributed by atoms with E-state index >= 15 is 0 Å². The van der Waals surface area contributed by atoms with Crippen LogP contribution in [0.15, 0.2) is 47.5 Å². The van der Waals surface area contributed by atoms with Crippen molar-refractivity contribution < 1.29 is 9.59 Å². The molecule has 0 spiro atoms. The minimum atomic E-state index is -0.578.